The molecule has 5 nitrogen and oxygen atoms in total. The Labute approximate surface area is 159 Å². The predicted molar refractivity (Wildman–Crippen MR) is 102 cm³/mol. The van der Waals surface area contributed by atoms with Crippen LogP contribution in [-0.2, 0) is 4.79 Å². The van der Waals surface area contributed by atoms with Gasteiger partial charge in [0.25, 0.3) is 0 Å². The molecule has 1 aromatic heterocycles. The molecule has 0 unspecified atom stereocenters. The molecule has 8 heteroatoms. The van der Waals surface area contributed by atoms with Crippen LogP contribution in [0, 0.1) is 5.82 Å². The molecule has 2 aromatic carbocycles. The molecule has 134 valence electrons. The van der Waals surface area contributed by atoms with Crippen molar-refractivity contribution in [1.82, 2.24) is 20.1 Å². The van der Waals surface area contributed by atoms with E-state index < -0.39 is 0 Å². The highest BCUT2D eigenvalue weighted by Gasteiger charge is 2.12. The van der Waals surface area contributed by atoms with Crippen LogP contribution in [0.3, 0.4) is 0 Å². The maximum atomic E-state index is 13.9. The van der Waals surface area contributed by atoms with E-state index in [9.17, 15) is 9.18 Å². The Morgan fingerprint density at radius 3 is 2.65 bits per heavy atom. The molecule has 0 atom stereocenters. The Morgan fingerprint density at radius 2 is 1.85 bits per heavy atom. The second-order valence-corrected chi connectivity index (χ2v) is 7.35. The van der Waals surface area contributed by atoms with Crippen LogP contribution in [0.2, 0.25) is 0 Å². The van der Waals surface area contributed by atoms with Gasteiger partial charge in [0.05, 0.1) is 11.4 Å². The third kappa shape index (κ3) is 5.09. The zero-order valence-corrected chi connectivity index (χ0v) is 15.5. The average Bonchev–Trinajstić information content (AvgIpc) is 3.13. The van der Waals surface area contributed by atoms with Crippen molar-refractivity contribution in [2.45, 2.75) is 10.1 Å². The minimum absolute atomic E-state index is 0.0910. The molecule has 0 aliphatic carbocycles. The van der Waals surface area contributed by atoms with Crippen LogP contribution in [0.4, 0.5) is 4.39 Å². The topological polar surface area (TPSA) is 59.8 Å². The molecular formula is C18H17FN4OS2. The van der Waals surface area contributed by atoms with Crippen LogP contribution < -0.4 is 5.32 Å². The van der Waals surface area contributed by atoms with Gasteiger partial charge in [-0.05, 0) is 24.3 Å². The van der Waals surface area contributed by atoms with Gasteiger partial charge in [-0.25, -0.2) is 4.39 Å². The number of amides is 1. The maximum Gasteiger partial charge on any atom is 0.230 e. The summed E-state index contributed by atoms with van der Waals surface area (Å²) in [6.07, 6.45) is 1.44. The lowest BCUT2D eigenvalue weighted by molar-refractivity contribution is -0.118. The number of aromatic nitrogens is 3. The van der Waals surface area contributed by atoms with E-state index >= 15 is 0 Å². The van der Waals surface area contributed by atoms with Crippen molar-refractivity contribution in [2.24, 2.45) is 0 Å². The SMILES string of the molecule is O=C(CSc1nncn1-c1ccccc1F)NCCSc1ccccc1. The van der Waals surface area contributed by atoms with Gasteiger partial charge < -0.3 is 5.32 Å². The van der Waals surface area contributed by atoms with Crippen molar-refractivity contribution in [3.8, 4) is 5.69 Å². The molecule has 3 aromatic rings. The second-order valence-electron chi connectivity index (χ2n) is 5.24. The monoisotopic (exact) mass is 388 g/mol. The van der Waals surface area contributed by atoms with Crippen LogP contribution in [0.1, 0.15) is 0 Å². The molecule has 1 amide bonds. The molecule has 1 N–H and O–H groups in total. The van der Waals surface area contributed by atoms with Crippen molar-refractivity contribution in [3.63, 3.8) is 0 Å². The number of hydrogen-bond acceptors (Lipinski definition) is 5. The number of carbonyl (C=O) groups is 1. The number of halogens is 1. The van der Waals surface area contributed by atoms with E-state index in [1.165, 1.54) is 29.1 Å². The van der Waals surface area contributed by atoms with E-state index in [0.29, 0.717) is 17.4 Å². The van der Waals surface area contributed by atoms with E-state index in [2.05, 4.69) is 15.5 Å². The molecule has 1 heterocycles. The molecule has 26 heavy (non-hydrogen) atoms. The van der Waals surface area contributed by atoms with Crippen molar-refractivity contribution >= 4 is 29.4 Å². The fourth-order valence-electron chi connectivity index (χ4n) is 2.19. The lowest BCUT2D eigenvalue weighted by Crippen LogP contribution is -2.27. The zero-order chi connectivity index (χ0) is 18.2. The maximum absolute atomic E-state index is 13.9. The quantitative estimate of drug-likeness (QED) is 0.473. The highest BCUT2D eigenvalue weighted by Crippen LogP contribution is 2.21. The highest BCUT2D eigenvalue weighted by atomic mass is 32.2. The van der Waals surface area contributed by atoms with Crippen molar-refractivity contribution in [3.05, 3.63) is 66.7 Å². The van der Waals surface area contributed by atoms with Crippen molar-refractivity contribution in [2.75, 3.05) is 18.1 Å². The van der Waals surface area contributed by atoms with Crippen molar-refractivity contribution < 1.29 is 9.18 Å². The molecular weight excluding hydrogens is 371 g/mol. The molecule has 0 bridgehead atoms. The Balaban J connectivity index is 1.45. The van der Waals surface area contributed by atoms with Crippen molar-refractivity contribution in [1.29, 1.82) is 0 Å². The van der Waals surface area contributed by atoms with Crippen LogP contribution >= 0.6 is 23.5 Å². The Hall–Kier alpha value is -2.32. The van der Waals surface area contributed by atoms with E-state index in [-0.39, 0.29) is 17.5 Å². The van der Waals surface area contributed by atoms with Crippen LogP contribution in [0.25, 0.3) is 5.69 Å². The number of carbonyl (C=O) groups excluding carboxylic acids is 1. The minimum atomic E-state index is -0.364. The molecule has 3 rings (SSSR count). The van der Waals surface area contributed by atoms with Gasteiger partial charge in [-0.2, -0.15) is 0 Å². The van der Waals surface area contributed by atoms with Crippen LogP contribution in [-0.4, -0.2) is 38.7 Å². The minimum Gasteiger partial charge on any atom is -0.355 e. The van der Waals surface area contributed by atoms with Gasteiger partial charge in [0.15, 0.2) is 5.16 Å². The standard InChI is InChI=1S/C18H17FN4OS2/c19-15-8-4-5-9-16(15)23-13-21-22-18(23)26-12-17(24)20-10-11-25-14-6-2-1-3-7-14/h1-9,13H,10-12H2,(H,20,24). The first kappa shape index (κ1) is 18.5. The number of nitrogens with zero attached hydrogens (tertiary/aromatic N) is 3. The smallest absolute Gasteiger partial charge is 0.230 e. The lowest BCUT2D eigenvalue weighted by atomic mass is 10.3. The molecule has 0 saturated heterocycles. The van der Waals surface area contributed by atoms with Gasteiger partial charge in [-0.3, -0.25) is 9.36 Å². The Kier molecular flexibility index (Phi) is 6.68. The number of para-hydroxylation sites is 1. The molecule has 0 fully saturated rings. The number of thioether (sulfide) groups is 2. The number of rotatable bonds is 8. The molecule has 0 spiro atoms. The normalized spacial score (nSPS) is 10.7. The number of hydrogen-bond donors (Lipinski definition) is 1. The first-order valence-corrected chi connectivity index (χ1v) is 9.93. The summed E-state index contributed by atoms with van der Waals surface area (Å²) in [6, 6.07) is 16.4. The number of benzene rings is 2. The van der Waals surface area contributed by atoms with E-state index in [4.69, 9.17) is 0 Å². The van der Waals surface area contributed by atoms with Gasteiger partial charge in [0, 0.05) is 17.2 Å². The summed E-state index contributed by atoms with van der Waals surface area (Å²) in [7, 11) is 0. The van der Waals surface area contributed by atoms with Gasteiger partial charge in [0.2, 0.25) is 5.91 Å². The van der Waals surface area contributed by atoms with Crippen LogP contribution in [0.15, 0.2) is 71.0 Å². The first-order valence-electron chi connectivity index (χ1n) is 7.96. The number of nitrogens with one attached hydrogen (secondary N) is 1. The summed E-state index contributed by atoms with van der Waals surface area (Å²) >= 11 is 2.91. The summed E-state index contributed by atoms with van der Waals surface area (Å²) in [5, 5.41) is 11.1. The molecule has 0 radical (unpaired) electrons. The second kappa shape index (κ2) is 9.40. The van der Waals surface area contributed by atoms with E-state index in [0.717, 1.165) is 5.75 Å². The third-order valence-corrected chi connectivity index (χ3v) is 5.35. The largest absolute Gasteiger partial charge is 0.355 e. The van der Waals surface area contributed by atoms with Crippen LogP contribution in [0.5, 0.6) is 0 Å². The molecule has 0 aliphatic rings. The Morgan fingerprint density at radius 1 is 1.08 bits per heavy atom. The average molecular weight is 388 g/mol. The Bertz CT molecular complexity index is 857. The fourth-order valence-corrected chi connectivity index (χ4v) is 3.73. The third-order valence-electron chi connectivity index (χ3n) is 3.40. The van der Waals surface area contributed by atoms with Gasteiger partial charge in [-0.15, -0.1) is 22.0 Å². The highest BCUT2D eigenvalue weighted by molar-refractivity contribution is 7.99. The lowest BCUT2D eigenvalue weighted by Gasteiger charge is -2.07. The summed E-state index contributed by atoms with van der Waals surface area (Å²) < 4.78 is 15.5. The summed E-state index contributed by atoms with van der Waals surface area (Å²) in [5.74, 6) is 0.540. The summed E-state index contributed by atoms with van der Waals surface area (Å²) in [6.45, 7) is 0.582. The molecule has 0 saturated carbocycles. The molecule has 0 aliphatic heterocycles. The first-order chi connectivity index (χ1) is 12.7. The summed E-state index contributed by atoms with van der Waals surface area (Å²) in [5.41, 5.74) is 0.361. The summed E-state index contributed by atoms with van der Waals surface area (Å²) in [4.78, 5) is 13.2. The van der Waals surface area contributed by atoms with E-state index in [1.807, 2.05) is 30.3 Å². The van der Waals surface area contributed by atoms with E-state index in [1.54, 1.807) is 34.5 Å². The van der Waals surface area contributed by atoms with Gasteiger partial charge in [-0.1, -0.05) is 42.1 Å². The predicted octanol–water partition coefficient (Wildman–Crippen LogP) is 3.41. The van der Waals surface area contributed by atoms with Gasteiger partial charge >= 0.3 is 0 Å². The van der Waals surface area contributed by atoms with Gasteiger partial charge in [0.1, 0.15) is 12.1 Å². The zero-order valence-electron chi connectivity index (χ0n) is 13.8. The fraction of sp³-hybridized carbons (Fsp3) is 0.167.